The van der Waals surface area contributed by atoms with Gasteiger partial charge in [0.05, 0.1) is 19.6 Å². The first-order valence-electron chi connectivity index (χ1n) is 7.93. The standard InChI is InChI=1S/C17H26N2O3/c1-3-15(20)13-18-7-9-19(10-8-18)17(21)12-14-5-4-6-16(11-14)22-2/h4-6,11,15,20H,3,7-10,12-13H2,1-2H3. The van der Waals surface area contributed by atoms with E-state index >= 15 is 0 Å². The average molecular weight is 306 g/mol. The molecular formula is C17H26N2O3. The Bertz CT molecular complexity index is 485. The summed E-state index contributed by atoms with van der Waals surface area (Å²) in [6.07, 6.45) is 0.920. The number of hydrogen-bond donors (Lipinski definition) is 1. The Morgan fingerprint density at radius 2 is 2.05 bits per heavy atom. The molecule has 122 valence electrons. The number of hydrogen-bond acceptors (Lipinski definition) is 4. The Morgan fingerprint density at radius 1 is 1.32 bits per heavy atom. The number of piperazine rings is 1. The molecule has 1 amide bonds. The minimum atomic E-state index is -0.265. The van der Waals surface area contributed by atoms with Gasteiger partial charge in [-0.25, -0.2) is 0 Å². The van der Waals surface area contributed by atoms with Gasteiger partial charge in [-0.15, -0.1) is 0 Å². The number of aliphatic hydroxyl groups is 1. The van der Waals surface area contributed by atoms with Crippen molar-refractivity contribution in [1.82, 2.24) is 9.80 Å². The summed E-state index contributed by atoms with van der Waals surface area (Å²) in [6.45, 7) is 5.83. The molecule has 1 fully saturated rings. The van der Waals surface area contributed by atoms with Crippen molar-refractivity contribution in [3.8, 4) is 5.75 Å². The molecule has 0 radical (unpaired) electrons. The molecule has 0 bridgehead atoms. The summed E-state index contributed by atoms with van der Waals surface area (Å²) in [7, 11) is 1.63. The lowest BCUT2D eigenvalue weighted by Gasteiger charge is -2.35. The van der Waals surface area contributed by atoms with Crippen LogP contribution in [0.2, 0.25) is 0 Å². The van der Waals surface area contributed by atoms with E-state index in [2.05, 4.69) is 4.90 Å². The molecule has 0 aliphatic carbocycles. The van der Waals surface area contributed by atoms with Crippen molar-refractivity contribution in [1.29, 1.82) is 0 Å². The molecule has 22 heavy (non-hydrogen) atoms. The molecule has 2 rings (SSSR count). The third-order valence-corrected chi connectivity index (χ3v) is 4.15. The fourth-order valence-electron chi connectivity index (χ4n) is 2.68. The van der Waals surface area contributed by atoms with E-state index in [0.717, 1.165) is 43.9 Å². The molecule has 1 unspecified atom stereocenters. The van der Waals surface area contributed by atoms with E-state index in [1.807, 2.05) is 36.1 Å². The average Bonchev–Trinajstić information content (AvgIpc) is 2.55. The molecule has 0 aromatic heterocycles. The first-order valence-corrected chi connectivity index (χ1v) is 7.93. The normalized spacial score (nSPS) is 17.3. The topological polar surface area (TPSA) is 53.0 Å². The van der Waals surface area contributed by atoms with E-state index in [0.29, 0.717) is 13.0 Å². The molecule has 0 spiro atoms. The summed E-state index contributed by atoms with van der Waals surface area (Å²) in [5.41, 5.74) is 0.980. The minimum Gasteiger partial charge on any atom is -0.497 e. The first-order chi connectivity index (χ1) is 10.6. The molecule has 5 nitrogen and oxygen atoms in total. The SMILES string of the molecule is CCC(O)CN1CCN(C(=O)Cc2cccc(OC)c2)CC1. The zero-order chi connectivity index (χ0) is 15.9. The lowest BCUT2D eigenvalue weighted by Crippen LogP contribution is -2.50. The molecule has 5 heteroatoms. The lowest BCUT2D eigenvalue weighted by molar-refractivity contribution is -0.132. The van der Waals surface area contributed by atoms with Crippen LogP contribution in [0.25, 0.3) is 0 Å². The van der Waals surface area contributed by atoms with E-state index in [9.17, 15) is 9.90 Å². The van der Waals surface area contributed by atoms with Crippen LogP contribution >= 0.6 is 0 Å². The highest BCUT2D eigenvalue weighted by Crippen LogP contribution is 2.14. The maximum atomic E-state index is 12.4. The zero-order valence-electron chi connectivity index (χ0n) is 13.5. The van der Waals surface area contributed by atoms with Crippen molar-refractivity contribution < 1.29 is 14.6 Å². The third kappa shape index (κ3) is 4.71. The van der Waals surface area contributed by atoms with Crippen LogP contribution < -0.4 is 4.74 Å². The Hall–Kier alpha value is -1.59. The Labute approximate surface area is 132 Å². The van der Waals surface area contributed by atoms with Gasteiger partial charge in [-0.2, -0.15) is 0 Å². The van der Waals surface area contributed by atoms with E-state index < -0.39 is 0 Å². The maximum absolute atomic E-state index is 12.4. The summed E-state index contributed by atoms with van der Waals surface area (Å²) < 4.78 is 5.19. The van der Waals surface area contributed by atoms with Crippen molar-refractivity contribution in [3.63, 3.8) is 0 Å². The Balaban J connectivity index is 1.82. The molecule has 0 saturated carbocycles. The van der Waals surface area contributed by atoms with Gasteiger partial charge in [0.15, 0.2) is 0 Å². The molecular weight excluding hydrogens is 280 g/mol. The number of carbonyl (C=O) groups is 1. The third-order valence-electron chi connectivity index (χ3n) is 4.15. The largest absolute Gasteiger partial charge is 0.497 e. The van der Waals surface area contributed by atoms with Gasteiger partial charge < -0.3 is 14.7 Å². The molecule has 1 atom stereocenters. The van der Waals surface area contributed by atoms with Gasteiger partial charge in [0, 0.05) is 32.7 Å². The van der Waals surface area contributed by atoms with Gasteiger partial charge in [0.2, 0.25) is 5.91 Å². The number of methoxy groups -OCH3 is 1. The van der Waals surface area contributed by atoms with Crippen molar-refractivity contribution in [3.05, 3.63) is 29.8 Å². The molecule has 1 saturated heterocycles. The number of nitrogens with zero attached hydrogens (tertiary/aromatic N) is 2. The smallest absolute Gasteiger partial charge is 0.227 e. The van der Waals surface area contributed by atoms with Crippen LogP contribution in [0.15, 0.2) is 24.3 Å². The highest BCUT2D eigenvalue weighted by Gasteiger charge is 2.22. The fraction of sp³-hybridized carbons (Fsp3) is 0.588. The second-order valence-electron chi connectivity index (χ2n) is 5.77. The number of benzene rings is 1. The predicted molar refractivity (Wildman–Crippen MR) is 86.0 cm³/mol. The summed E-state index contributed by atoms with van der Waals surface area (Å²) >= 11 is 0. The van der Waals surface area contributed by atoms with Gasteiger partial charge in [-0.05, 0) is 24.1 Å². The second-order valence-corrected chi connectivity index (χ2v) is 5.77. The molecule has 1 aliphatic rings. The van der Waals surface area contributed by atoms with Crippen LogP contribution in [0, 0.1) is 0 Å². The summed E-state index contributed by atoms with van der Waals surface area (Å²) in [5, 5.41) is 9.70. The minimum absolute atomic E-state index is 0.156. The highest BCUT2D eigenvalue weighted by atomic mass is 16.5. The number of aliphatic hydroxyl groups excluding tert-OH is 1. The summed E-state index contributed by atoms with van der Waals surface area (Å²) in [6, 6.07) is 7.65. The van der Waals surface area contributed by atoms with Gasteiger partial charge in [-0.3, -0.25) is 9.69 Å². The zero-order valence-corrected chi connectivity index (χ0v) is 13.5. The quantitative estimate of drug-likeness (QED) is 0.857. The monoisotopic (exact) mass is 306 g/mol. The van der Waals surface area contributed by atoms with Crippen LogP contribution in [-0.2, 0) is 11.2 Å². The number of rotatable bonds is 6. The lowest BCUT2D eigenvalue weighted by atomic mass is 10.1. The molecule has 1 aromatic carbocycles. The Morgan fingerprint density at radius 3 is 2.68 bits per heavy atom. The van der Waals surface area contributed by atoms with Crippen LogP contribution in [0.4, 0.5) is 0 Å². The molecule has 1 aromatic rings. The van der Waals surface area contributed by atoms with E-state index in [1.165, 1.54) is 0 Å². The second kappa shape index (κ2) is 8.15. The number of carbonyl (C=O) groups excluding carboxylic acids is 1. The maximum Gasteiger partial charge on any atom is 0.227 e. The van der Waals surface area contributed by atoms with Crippen LogP contribution in [0.1, 0.15) is 18.9 Å². The summed E-state index contributed by atoms with van der Waals surface area (Å²) in [4.78, 5) is 16.5. The van der Waals surface area contributed by atoms with E-state index in [-0.39, 0.29) is 12.0 Å². The van der Waals surface area contributed by atoms with Crippen LogP contribution in [-0.4, -0.2) is 66.8 Å². The number of amides is 1. The number of ether oxygens (including phenoxy) is 1. The Kier molecular flexibility index (Phi) is 6.21. The van der Waals surface area contributed by atoms with E-state index in [1.54, 1.807) is 7.11 Å². The fourth-order valence-corrected chi connectivity index (χ4v) is 2.68. The van der Waals surface area contributed by atoms with Crippen molar-refractivity contribution in [2.75, 3.05) is 39.8 Å². The summed E-state index contributed by atoms with van der Waals surface area (Å²) in [5.74, 6) is 0.938. The van der Waals surface area contributed by atoms with Crippen molar-refractivity contribution >= 4 is 5.91 Å². The number of β-amino-alcohol motifs (C(OH)–C–C–N with tert-alkyl or cyclic N) is 1. The molecule has 1 heterocycles. The van der Waals surface area contributed by atoms with Crippen LogP contribution in [0.5, 0.6) is 5.75 Å². The first kappa shape index (κ1) is 16.8. The van der Waals surface area contributed by atoms with Crippen molar-refractivity contribution in [2.45, 2.75) is 25.9 Å². The van der Waals surface area contributed by atoms with Gasteiger partial charge in [0.1, 0.15) is 5.75 Å². The molecule has 1 N–H and O–H groups in total. The highest BCUT2D eigenvalue weighted by molar-refractivity contribution is 5.79. The van der Waals surface area contributed by atoms with Gasteiger partial charge >= 0.3 is 0 Å². The van der Waals surface area contributed by atoms with E-state index in [4.69, 9.17) is 4.74 Å². The van der Waals surface area contributed by atoms with Gasteiger partial charge in [0.25, 0.3) is 0 Å². The van der Waals surface area contributed by atoms with Crippen molar-refractivity contribution in [2.24, 2.45) is 0 Å². The van der Waals surface area contributed by atoms with Crippen LogP contribution in [0.3, 0.4) is 0 Å². The molecule has 1 aliphatic heterocycles. The van der Waals surface area contributed by atoms with Gasteiger partial charge in [-0.1, -0.05) is 19.1 Å². The predicted octanol–water partition coefficient (Wildman–Crippen LogP) is 1.15.